The summed E-state index contributed by atoms with van der Waals surface area (Å²) in [5.74, 6) is 1.53. The molecule has 0 N–H and O–H groups in total. The fraction of sp³-hybridized carbons (Fsp3) is 0.459. The van der Waals surface area contributed by atoms with Crippen LogP contribution < -0.4 is 0 Å². The Morgan fingerprint density at radius 3 is 1.65 bits per heavy atom. The maximum absolute atomic E-state index is 2.38. The van der Waals surface area contributed by atoms with Crippen LogP contribution in [0.1, 0.15) is 97.6 Å². The van der Waals surface area contributed by atoms with E-state index >= 15 is 0 Å². The molecule has 0 saturated carbocycles. The molecule has 0 heterocycles. The van der Waals surface area contributed by atoms with Crippen LogP contribution in [-0.4, -0.2) is 0 Å². The van der Waals surface area contributed by atoms with Crippen LogP contribution >= 0.6 is 0 Å². The van der Waals surface area contributed by atoms with Crippen molar-refractivity contribution >= 4 is 5.57 Å². The standard InChI is InChI=1S/C14H18.C11H16.C10H14.2CH4/c1-14(2,3)10-12-9-8-11-6-4-5-7-13(11)12;1-9(2)8-11-6-4-10(3)5-7-11;1-9(2)8-10-6-4-3-5-7-10;;/h4-7,9H,8,10H2,1-3H3;4-7,9H,8H2,1-3H3;3-7,9H,8H2,1-2H3;2*1H4. The molecular formula is C37H56. The van der Waals surface area contributed by atoms with Crippen LogP contribution in [0, 0.1) is 24.2 Å². The molecule has 4 rings (SSSR count). The molecule has 1 aliphatic rings. The van der Waals surface area contributed by atoms with Crippen LogP contribution in [0.2, 0.25) is 0 Å². The Balaban J connectivity index is 0.000000520. The van der Waals surface area contributed by atoms with Gasteiger partial charge in [0.25, 0.3) is 0 Å². The quantitative estimate of drug-likeness (QED) is 0.327. The second kappa shape index (κ2) is 17.0. The molecular weight excluding hydrogens is 444 g/mol. The zero-order chi connectivity index (χ0) is 25.8. The van der Waals surface area contributed by atoms with E-state index in [-0.39, 0.29) is 14.9 Å². The number of benzene rings is 3. The van der Waals surface area contributed by atoms with Crippen molar-refractivity contribution in [2.75, 3.05) is 0 Å². The summed E-state index contributed by atoms with van der Waals surface area (Å²) in [7, 11) is 0. The minimum atomic E-state index is 0. The van der Waals surface area contributed by atoms with Crippen molar-refractivity contribution in [3.63, 3.8) is 0 Å². The number of hydrogen-bond acceptors (Lipinski definition) is 0. The molecule has 0 aliphatic heterocycles. The molecule has 0 aromatic heterocycles. The van der Waals surface area contributed by atoms with Gasteiger partial charge in [-0.1, -0.05) is 154 Å². The number of rotatable bonds is 5. The molecule has 0 saturated heterocycles. The molecule has 0 fully saturated rings. The molecule has 0 radical (unpaired) electrons. The van der Waals surface area contributed by atoms with E-state index in [4.69, 9.17) is 0 Å². The van der Waals surface area contributed by atoms with Gasteiger partial charge in [-0.15, -0.1) is 0 Å². The fourth-order valence-electron chi connectivity index (χ4n) is 4.37. The first-order valence-corrected chi connectivity index (χ1v) is 13.4. The molecule has 1 aliphatic carbocycles. The molecule has 0 bridgehead atoms. The van der Waals surface area contributed by atoms with Gasteiger partial charge in [-0.3, -0.25) is 0 Å². The zero-order valence-electron chi connectivity index (χ0n) is 23.6. The number of fused-ring (bicyclic) bond motifs is 1. The van der Waals surface area contributed by atoms with Crippen molar-refractivity contribution in [1.29, 1.82) is 0 Å². The molecule has 0 amide bonds. The highest BCUT2D eigenvalue weighted by atomic mass is 14.2. The van der Waals surface area contributed by atoms with E-state index in [1.54, 1.807) is 0 Å². The Hall–Kier alpha value is -2.60. The van der Waals surface area contributed by atoms with Crippen LogP contribution in [0.25, 0.3) is 5.57 Å². The summed E-state index contributed by atoms with van der Waals surface area (Å²) in [4.78, 5) is 0. The molecule has 0 spiro atoms. The van der Waals surface area contributed by atoms with Crippen molar-refractivity contribution in [3.8, 4) is 0 Å². The van der Waals surface area contributed by atoms with Crippen LogP contribution in [0.5, 0.6) is 0 Å². The van der Waals surface area contributed by atoms with Crippen LogP contribution in [0.4, 0.5) is 0 Å². The molecule has 204 valence electrons. The lowest BCUT2D eigenvalue weighted by Gasteiger charge is -2.19. The summed E-state index contributed by atoms with van der Waals surface area (Å²) < 4.78 is 0. The van der Waals surface area contributed by atoms with Gasteiger partial charge in [0.2, 0.25) is 0 Å². The van der Waals surface area contributed by atoms with Crippen molar-refractivity contribution in [3.05, 3.63) is 113 Å². The lowest BCUT2D eigenvalue weighted by molar-refractivity contribution is 0.427. The summed E-state index contributed by atoms with van der Waals surface area (Å²) in [5.41, 5.74) is 9.13. The van der Waals surface area contributed by atoms with Crippen molar-refractivity contribution in [2.24, 2.45) is 17.3 Å². The third-order valence-corrected chi connectivity index (χ3v) is 5.90. The topological polar surface area (TPSA) is 0 Å². The van der Waals surface area contributed by atoms with E-state index in [9.17, 15) is 0 Å². The first kappa shape index (κ1) is 34.4. The van der Waals surface area contributed by atoms with E-state index in [0.29, 0.717) is 5.41 Å². The third kappa shape index (κ3) is 14.1. The Morgan fingerprint density at radius 1 is 0.649 bits per heavy atom. The average molecular weight is 501 g/mol. The van der Waals surface area contributed by atoms with Gasteiger partial charge < -0.3 is 0 Å². The van der Waals surface area contributed by atoms with Crippen molar-refractivity contribution in [1.82, 2.24) is 0 Å². The summed E-state index contributed by atoms with van der Waals surface area (Å²) in [5, 5.41) is 0. The molecule has 3 aromatic carbocycles. The zero-order valence-corrected chi connectivity index (χ0v) is 23.6. The lowest BCUT2D eigenvalue weighted by Crippen LogP contribution is -2.05. The highest BCUT2D eigenvalue weighted by Gasteiger charge is 2.19. The Labute approximate surface area is 231 Å². The largest absolute Gasteiger partial charge is 0.0776 e. The van der Waals surface area contributed by atoms with Gasteiger partial charge in [-0.05, 0) is 77.7 Å². The highest BCUT2D eigenvalue weighted by molar-refractivity contribution is 5.73. The van der Waals surface area contributed by atoms with Gasteiger partial charge in [0.1, 0.15) is 0 Å². The summed E-state index contributed by atoms with van der Waals surface area (Å²) >= 11 is 0. The Kier molecular flexibility index (Phi) is 15.8. The van der Waals surface area contributed by atoms with Gasteiger partial charge in [-0.25, -0.2) is 0 Å². The van der Waals surface area contributed by atoms with E-state index in [1.807, 2.05) is 0 Å². The van der Waals surface area contributed by atoms with Gasteiger partial charge >= 0.3 is 0 Å². The average Bonchev–Trinajstić information content (AvgIpc) is 3.18. The van der Waals surface area contributed by atoms with Crippen molar-refractivity contribution < 1.29 is 0 Å². The van der Waals surface area contributed by atoms with E-state index in [2.05, 4.69) is 140 Å². The summed E-state index contributed by atoms with van der Waals surface area (Å²) in [6.45, 7) is 18.0. The molecule has 3 aromatic rings. The normalized spacial score (nSPS) is 11.7. The lowest BCUT2D eigenvalue weighted by atomic mass is 9.86. The van der Waals surface area contributed by atoms with Gasteiger partial charge in [-0.2, -0.15) is 0 Å². The van der Waals surface area contributed by atoms with Crippen LogP contribution in [0.3, 0.4) is 0 Å². The van der Waals surface area contributed by atoms with Gasteiger partial charge in [0, 0.05) is 0 Å². The third-order valence-electron chi connectivity index (χ3n) is 5.90. The predicted molar refractivity (Wildman–Crippen MR) is 170 cm³/mol. The second-order valence-electron chi connectivity index (χ2n) is 12.0. The number of aryl methyl sites for hydroxylation is 1. The highest BCUT2D eigenvalue weighted by Crippen LogP contribution is 2.35. The maximum Gasteiger partial charge on any atom is -0.00854 e. The smallest absolute Gasteiger partial charge is 0.00854 e. The van der Waals surface area contributed by atoms with Gasteiger partial charge in [0.05, 0.1) is 0 Å². The first-order chi connectivity index (χ1) is 16.5. The molecule has 37 heavy (non-hydrogen) atoms. The van der Waals surface area contributed by atoms with Crippen LogP contribution in [-0.2, 0) is 19.3 Å². The number of allylic oxidation sites excluding steroid dienone is 2. The minimum Gasteiger partial charge on any atom is -0.0776 e. The van der Waals surface area contributed by atoms with Gasteiger partial charge in [0.15, 0.2) is 0 Å². The maximum atomic E-state index is 2.38. The Morgan fingerprint density at radius 2 is 1.14 bits per heavy atom. The monoisotopic (exact) mass is 500 g/mol. The molecule has 0 unspecified atom stereocenters. The molecule has 0 nitrogen and oxygen atoms in total. The van der Waals surface area contributed by atoms with E-state index in [0.717, 1.165) is 18.3 Å². The minimum absolute atomic E-state index is 0. The summed E-state index contributed by atoms with van der Waals surface area (Å²) in [6.07, 6.45) is 7.09. The number of hydrogen-bond donors (Lipinski definition) is 0. The first-order valence-electron chi connectivity index (χ1n) is 13.4. The van der Waals surface area contributed by atoms with Crippen LogP contribution in [0.15, 0.2) is 84.9 Å². The van der Waals surface area contributed by atoms with E-state index in [1.165, 1.54) is 52.7 Å². The fourth-order valence-corrected chi connectivity index (χ4v) is 4.37. The SMILES string of the molecule is C.C.CC(C)(C)CC1=CCc2ccccc21.CC(C)Cc1ccccc1.Cc1ccc(CC(C)C)cc1. The van der Waals surface area contributed by atoms with E-state index < -0.39 is 0 Å². The predicted octanol–water partition coefficient (Wildman–Crippen LogP) is 11.4. The van der Waals surface area contributed by atoms with Crippen molar-refractivity contribution in [2.45, 2.75) is 95.9 Å². The second-order valence-corrected chi connectivity index (χ2v) is 12.0. The molecule has 0 atom stereocenters. The molecule has 0 heteroatoms. The Bertz CT molecular complexity index is 1010. The summed E-state index contributed by atoms with van der Waals surface area (Å²) in [6, 6.07) is 28.2.